The van der Waals surface area contributed by atoms with Crippen molar-refractivity contribution in [2.45, 2.75) is 12.5 Å². The quantitative estimate of drug-likeness (QED) is 0.575. The first-order chi connectivity index (χ1) is 14.1. The van der Waals surface area contributed by atoms with Gasteiger partial charge >= 0.3 is 0 Å². The molecule has 12 heteroatoms. The van der Waals surface area contributed by atoms with Gasteiger partial charge in [0.2, 0.25) is 5.91 Å². The highest BCUT2D eigenvalue weighted by atomic mass is 35.5. The summed E-state index contributed by atoms with van der Waals surface area (Å²) >= 11 is 13.4. The standard InChI is InChI=1S/C18H16Cl2N4O4S2/c1-30(27,28)6-5-24-12-3-2-4-21-9(12)7-11(18(24)26)23-17(25)10-8-13-15(22-10)14(19)16(20)29-13/h2-4,8,11,22H,5-7H2,1H3,(H,23,25). The second-order valence-electron chi connectivity index (χ2n) is 6.93. The lowest BCUT2D eigenvalue weighted by Gasteiger charge is -2.33. The minimum Gasteiger partial charge on any atom is -0.349 e. The van der Waals surface area contributed by atoms with Gasteiger partial charge in [0.05, 0.1) is 32.4 Å². The molecule has 4 rings (SSSR count). The van der Waals surface area contributed by atoms with Crippen LogP contribution < -0.4 is 10.2 Å². The molecule has 0 fully saturated rings. The number of hydrogen-bond donors (Lipinski definition) is 2. The molecule has 0 saturated carbocycles. The van der Waals surface area contributed by atoms with Crippen molar-refractivity contribution < 1.29 is 18.0 Å². The smallest absolute Gasteiger partial charge is 0.268 e. The van der Waals surface area contributed by atoms with Crippen molar-refractivity contribution in [2.24, 2.45) is 0 Å². The van der Waals surface area contributed by atoms with Gasteiger partial charge in [-0.15, -0.1) is 11.3 Å². The van der Waals surface area contributed by atoms with Gasteiger partial charge in [-0.2, -0.15) is 0 Å². The highest BCUT2D eigenvalue weighted by molar-refractivity contribution is 7.90. The second kappa shape index (κ2) is 7.84. The molecule has 3 aromatic rings. The van der Waals surface area contributed by atoms with Crippen LogP contribution in [0.25, 0.3) is 10.2 Å². The minimum absolute atomic E-state index is 0.0188. The summed E-state index contributed by atoms with van der Waals surface area (Å²) in [6, 6.07) is 4.14. The van der Waals surface area contributed by atoms with Gasteiger partial charge in [-0.05, 0) is 18.2 Å². The van der Waals surface area contributed by atoms with Gasteiger partial charge < -0.3 is 15.2 Å². The predicted octanol–water partition coefficient (Wildman–Crippen LogP) is 2.66. The summed E-state index contributed by atoms with van der Waals surface area (Å²) in [5.74, 6) is -1.06. The van der Waals surface area contributed by atoms with Gasteiger partial charge in [0.1, 0.15) is 25.9 Å². The van der Waals surface area contributed by atoms with Gasteiger partial charge in [0, 0.05) is 25.4 Å². The van der Waals surface area contributed by atoms with Crippen LogP contribution in [0.15, 0.2) is 24.4 Å². The molecule has 1 unspecified atom stereocenters. The summed E-state index contributed by atoms with van der Waals surface area (Å²) in [4.78, 5) is 34.4. The fourth-order valence-electron chi connectivity index (χ4n) is 3.30. The molecule has 0 aliphatic carbocycles. The number of nitrogens with one attached hydrogen (secondary N) is 2. The largest absolute Gasteiger partial charge is 0.349 e. The van der Waals surface area contributed by atoms with Gasteiger partial charge in [0.25, 0.3) is 5.91 Å². The van der Waals surface area contributed by atoms with Gasteiger partial charge in [-0.25, -0.2) is 8.42 Å². The molecule has 4 heterocycles. The van der Waals surface area contributed by atoms with Crippen molar-refractivity contribution in [3.8, 4) is 0 Å². The van der Waals surface area contributed by atoms with Crippen molar-refractivity contribution in [1.29, 1.82) is 0 Å². The zero-order valence-corrected chi connectivity index (χ0v) is 18.8. The van der Waals surface area contributed by atoms with E-state index in [0.29, 0.717) is 26.3 Å². The lowest BCUT2D eigenvalue weighted by Crippen LogP contribution is -2.54. The van der Waals surface area contributed by atoms with Crippen molar-refractivity contribution in [2.75, 3.05) is 23.5 Å². The highest BCUT2D eigenvalue weighted by Gasteiger charge is 2.35. The van der Waals surface area contributed by atoms with Crippen LogP contribution in [0.5, 0.6) is 0 Å². The fourth-order valence-corrected chi connectivity index (χ4v) is 5.29. The molecule has 1 aliphatic rings. The van der Waals surface area contributed by atoms with Crippen molar-refractivity contribution in [1.82, 2.24) is 15.3 Å². The number of nitrogens with zero attached hydrogens (tertiary/aromatic N) is 2. The maximum atomic E-state index is 13.0. The number of aromatic amines is 1. The van der Waals surface area contributed by atoms with Crippen molar-refractivity contribution in [3.05, 3.63) is 45.1 Å². The molecule has 0 spiro atoms. The minimum atomic E-state index is -3.28. The second-order valence-corrected chi connectivity index (χ2v) is 11.2. The number of aromatic nitrogens is 2. The summed E-state index contributed by atoms with van der Waals surface area (Å²) in [5.41, 5.74) is 1.97. The molecule has 30 heavy (non-hydrogen) atoms. The van der Waals surface area contributed by atoms with E-state index in [9.17, 15) is 18.0 Å². The van der Waals surface area contributed by atoms with E-state index in [4.69, 9.17) is 23.2 Å². The van der Waals surface area contributed by atoms with E-state index in [1.54, 1.807) is 24.4 Å². The third kappa shape index (κ3) is 4.04. The first-order valence-electron chi connectivity index (χ1n) is 8.84. The lowest BCUT2D eigenvalue weighted by atomic mass is 10.0. The van der Waals surface area contributed by atoms with Crippen LogP contribution in [0, 0.1) is 0 Å². The Labute approximate surface area is 186 Å². The zero-order chi connectivity index (χ0) is 21.6. The molecule has 0 aromatic carbocycles. The Morgan fingerprint density at radius 3 is 2.90 bits per heavy atom. The summed E-state index contributed by atoms with van der Waals surface area (Å²) in [7, 11) is -3.28. The Kier molecular flexibility index (Phi) is 5.52. The van der Waals surface area contributed by atoms with E-state index in [0.717, 1.165) is 11.0 Å². The van der Waals surface area contributed by atoms with E-state index in [2.05, 4.69) is 15.3 Å². The number of amides is 2. The van der Waals surface area contributed by atoms with Crippen molar-refractivity contribution >= 4 is 72.1 Å². The van der Waals surface area contributed by atoms with Crippen LogP contribution >= 0.6 is 34.5 Å². The van der Waals surface area contributed by atoms with Crippen LogP contribution in [0.2, 0.25) is 9.36 Å². The number of thiophene rings is 1. The number of rotatable bonds is 5. The number of H-pyrrole nitrogens is 1. The molecule has 0 radical (unpaired) electrons. The van der Waals surface area contributed by atoms with E-state index >= 15 is 0 Å². The first kappa shape index (κ1) is 21.1. The Morgan fingerprint density at radius 1 is 1.43 bits per heavy atom. The summed E-state index contributed by atoms with van der Waals surface area (Å²) in [6.45, 7) is -0.0188. The molecule has 1 atom stereocenters. The predicted molar refractivity (Wildman–Crippen MR) is 117 cm³/mol. The fraction of sp³-hybridized carbons (Fsp3) is 0.278. The van der Waals surface area contributed by atoms with Crippen LogP contribution in [-0.2, 0) is 21.1 Å². The normalized spacial score (nSPS) is 16.7. The third-order valence-electron chi connectivity index (χ3n) is 4.73. The van der Waals surface area contributed by atoms with Crippen molar-refractivity contribution in [3.63, 3.8) is 0 Å². The number of carbonyl (C=O) groups excluding carboxylic acids is 2. The molecular formula is C18H16Cl2N4O4S2. The van der Waals surface area contributed by atoms with E-state index in [1.807, 2.05) is 0 Å². The van der Waals surface area contributed by atoms with E-state index < -0.39 is 21.8 Å². The molecular weight excluding hydrogens is 471 g/mol. The first-order valence-corrected chi connectivity index (χ1v) is 12.5. The summed E-state index contributed by atoms with van der Waals surface area (Å²) in [6.07, 6.45) is 2.91. The average molecular weight is 487 g/mol. The molecule has 2 amide bonds. The van der Waals surface area contributed by atoms with Crippen LogP contribution in [0.1, 0.15) is 16.2 Å². The van der Waals surface area contributed by atoms with E-state index in [-0.39, 0.29) is 30.3 Å². The van der Waals surface area contributed by atoms with Crippen LogP contribution in [0.4, 0.5) is 5.69 Å². The Hall–Kier alpha value is -2.14. The van der Waals surface area contributed by atoms with Crippen LogP contribution in [0.3, 0.4) is 0 Å². The number of pyridine rings is 1. The SMILES string of the molecule is CS(=O)(=O)CCN1C(=O)C(NC(=O)c2cc3sc(Cl)c(Cl)c3[nH]2)Cc2ncccc21. The van der Waals surface area contributed by atoms with Gasteiger partial charge in [0.15, 0.2) is 0 Å². The van der Waals surface area contributed by atoms with E-state index in [1.165, 1.54) is 16.2 Å². The Balaban J connectivity index is 1.58. The lowest BCUT2D eigenvalue weighted by molar-refractivity contribution is -0.120. The number of fused-ring (bicyclic) bond motifs is 2. The number of carbonyl (C=O) groups is 2. The maximum absolute atomic E-state index is 13.0. The molecule has 3 aromatic heterocycles. The third-order valence-corrected chi connectivity index (χ3v) is 7.58. The Bertz CT molecular complexity index is 1270. The highest BCUT2D eigenvalue weighted by Crippen LogP contribution is 2.38. The average Bonchev–Trinajstić information content (AvgIpc) is 3.20. The number of hydrogen-bond acceptors (Lipinski definition) is 6. The number of sulfone groups is 1. The topological polar surface area (TPSA) is 112 Å². The molecule has 0 saturated heterocycles. The summed E-state index contributed by atoms with van der Waals surface area (Å²) in [5, 5.41) is 3.06. The number of halogens is 2. The molecule has 0 bridgehead atoms. The number of anilines is 1. The molecule has 1 aliphatic heterocycles. The van der Waals surface area contributed by atoms with Gasteiger partial charge in [-0.3, -0.25) is 14.6 Å². The zero-order valence-electron chi connectivity index (χ0n) is 15.6. The van der Waals surface area contributed by atoms with Crippen LogP contribution in [-0.4, -0.2) is 54.8 Å². The summed E-state index contributed by atoms with van der Waals surface area (Å²) < 4.78 is 24.4. The monoisotopic (exact) mass is 486 g/mol. The Morgan fingerprint density at radius 2 is 2.20 bits per heavy atom. The molecule has 8 nitrogen and oxygen atoms in total. The van der Waals surface area contributed by atoms with Gasteiger partial charge in [-0.1, -0.05) is 23.2 Å². The maximum Gasteiger partial charge on any atom is 0.268 e. The molecule has 158 valence electrons. The molecule has 2 N–H and O–H groups in total.